The highest BCUT2D eigenvalue weighted by molar-refractivity contribution is 14.1. The maximum atomic E-state index is 13.3. The molecule has 3 heterocycles. The molecule has 0 atom stereocenters. The number of piperazine rings is 1. The van der Waals surface area contributed by atoms with E-state index in [0.717, 1.165) is 51.8 Å². The molecule has 0 radical (unpaired) electrons. The quantitative estimate of drug-likeness (QED) is 0.318. The second-order valence-electron chi connectivity index (χ2n) is 8.98. The van der Waals surface area contributed by atoms with Crippen LogP contribution < -0.4 is 4.90 Å². The third-order valence-electron chi connectivity index (χ3n) is 6.52. The van der Waals surface area contributed by atoms with Gasteiger partial charge in [0, 0.05) is 58.8 Å². The Balaban J connectivity index is 1.50. The molecule has 176 valence electrons. The molecule has 2 aromatic heterocycles. The molecular formula is C26H27IN4O2S. The SMILES string of the molecule is Cc1ccc(S(=O)(=O)n2cc(I)c3cc(-c4ccc(N5CCN(C)CC5)c(C)c4)cnc32)cc1. The molecule has 34 heavy (non-hydrogen) atoms. The second-order valence-corrected chi connectivity index (χ2v) is 12.0. The Morgan fingerprint density at radius 1 is 0.912 bits per heavy atom. The minimum absolute atomic E-state index is 0.257. The van der Waals surface area contributed by atoms with Crippen molar-refractivity contribution in [1.82, 2.24) is 13.9 Å². The summed E-state index contributed by atoms with van der Waals surface area (Å²) in [7, 11) is -1.56. The largest absolute Gasteiger partial charge is 0.369 e. The van der Waals surface area contributed by atoms with Crippen LogP contribution in [0, 0.1) is 17.4 Å². The van der Waals surface area contributed by atoms with Crippen LogP contribution in [0.3, 0.4) is 0 Å². The van der Waals surface area contributed by atoms with Crippen LogP contribution in [-0.4, -0.2) is 55.5 Å². The van der Waals surface area contributed by atoms with E-state index in [1.807, 2.05) is 25.1 Å². The number of aryl methyl sites for hydroxylation is 2. The van der Waals surface area contributed by atoms with Gasteiger partial charge in [-0.05, 0) is 84.9 Å². The highest BCUT2D eigenvalue weighted by atomic mass is 127. The topological polar surface area (TPSA) is 58.4 Å². The molecule has 1 aliphatic heterocycles. The second kappa shape index (κ2) is 8.98. The summed E-state index contributed by atoms with van der Waals surface area (Å²) in [5.41, 5.74) is 6.02. The summed E-state index contributed by atoms with van der Waals surface area (Å²) in [6, 6.07) is 15.5. The highest BCUT2D eigenvalue weighted by Crippen LogP contribution is 2.32. The van der Waals surface area contributed by atoms with Gasteiger partial charge in [-0.1, -0.05) is 23.8 Å². The van der Waals surface area contributed by atoms with E-state index in [2.05, 4.69) is 69.5 Å². The molecule has 0 amide bonds. The van der Waals surface area contributed by atoms with Gasteiger partial charge in [0.05, 0.1) is 4.90 Å². The van der Waals surface area contributed by atoms with Crippen molar-refractivity contribution < 1.29 is 8.42 Å². The van der Waals surface area contributed by atoms with E-state index in [4.69, 9.17) is 0 Å². The van der Waals surface area contributed by atoms with Crippen LogP contribution in [0.5, 0.6) is 0 Å². The maximum Gasteiger partial charge on any atom is 0.269 e. The zero-order valence-electron chi connectivity index (χ0n) is 19.5. The predicted octanol–water partition coefficient (Wildman–Crippen LogP) is 4.91. The van der Waals surface area contributed by atoms with Crippen LogP contribution in [0.15, 0.2) is 65.8 Å². The summed E-state index contributed by atoms with van der Waals surface area (Å²) in [6.07, 6.45) is 3.42. The molecule has 0 aliphatic carbocycles. The minimum Gasteiger partial charge on any atom is -0.369 e. The van der Waals surface area contributed by atoms with Gasteiger partial charge in [-0.15, -0.1) is 0 Å². The van der Waals surface area contributed by atoms with E-state index in [9.17, 15) is 8.42 Å². The molecule has 2 aromatic carbocycles. The number of hydrogen-bond acceptors (Lipinski definition) is 5. The molecule has 1 saturated heterocycles. The Kier molecular flexibility index (Phi) is 6.16. The first-order valence-electron chi connectivity index (χ1n) is 11.3. The van der Waals surface area contributed by atoms with Gasteiger partial charge in [-0.3, -0.25) is 0 Å². The van der Waals surface area contributed by atoms with E-state index in [1.54, 1.807) is 24.5 Å². The van der Waals surface area contributed by atoms with E-state index in [-0.39, 0.29) is 4.90 Å². The summed E-state index contributed by atoms with van der Waals surface area (Å²) >= 11 is 2.19. The smallest absolute Gasteiger partial charge is 0.269 e. The average Bonchev–Trinajstić information content (AvgIpc) is 3.17. The Morgan fingerprint density at radius 2 is 1.62 bits per heavy atom. The lowest BCUT2D eigenvalue weighted by Crippen LogP contribution is -2.44. The van der Waals surface area contributed by atoms with Gasteiger partial charge >= 0.3 is 0 Å². The number of anilines is 1. The third kappa shape index (κ3) is 4.23. The molecule has 5 rings (SSSR count). The maximum absolute atomic E-state index is 13.3. The first-order chi connectivity index (χ1) is 16.2. The number of halogens is 1. The molecular weight excluding hydrogens is 559 g/mol. The zero-order chi connectivity index (χ0) is 24.0. The lowest BCUT2D eigenvalue weighted by Gasteiger charge is -2.35. The van der Waals surface area contributed by atoms with Crippen molar-refractivity contribution >= 4 is 49.3 Å². The molecule has 6 nitrogen and oxygen atoms in total. The summed E-state index contributed by atoms with van der Waals surface area (Å²) in [5, 5.41) is 0.828. The lowest BCUT2D eigenvalue weighted by molar-refractivity contribution is 0.312. The van der Waals surface area contributed by atoms with Crippen LogP contribution in [0.1, 0.15) is 11.1 Å². The molecule has 0 saturated carbocycles. The standard InChI is InChI=1S/C26H27IN4O2S/c1-18-4-7-22(8-5-18)34(32,33)31-17-24(27)23-15-21(16-28-26(23)31)20-6-9-25(19(2)14-20)30-12-10-29(3)11-13-30/h4-9,14-17H,10-13H2,1-3H3. The van der Waals surface area contributed by atoms with E-state index >= 15 is 0 Å². The van der Waals surface area contributed by atoms with Gasteiger partial charge < -0.3 is 9.80 Å². The van der Waals surface area contributed by atoms with Crippen molar-refractivity contribution in [2.75, 3.05) is 38.1 Å². The normalized spacial score (nSPS) is 15.2. The van der Waals surface area contributed by atoms with Gasteiger partial charge in [-0.25, -0.2) is 17.4 Å². The van der Waals surface area contributed by atoms with Gasteiger partial charge in [0.1, 0.15) is 0 Å². The lowest BCUT2D eigenvalue weighted by atomic mass is 10.0. The third-order valence-corrected chi connectivity index (χ3v) is 9.04. The van der Waals surface area contributed by atoms with Gasteiger partial charge in [0.25, 0.3) is 10.0 Å². The van der Waals surface area contributed by atoms with Crippen LogP contribution in [0.25, 0.3) is 22.2 Å². The molecule has 8 heteroatoms. The summed E-state index contributed by atoms with van der Waals surface area (Å²) in [4.78, 5) is 9.66. The number of pyridine rings is 1. The van der Waals surface area contributed by atoms with Crippen molar-refractivity contribution in [3.8, 4) is 11.1 Å². The van der Waals surface area contributed by atoms with E-state index in [0.29, 0.717) is 5.65 Å². The molecule has 1 fully saturated rings. The van der Waals surface area contributed by atoms with Gasteiger partial charge in [-0.2, -0.15) is 0 Å². The van der Waals surface area contributed by atoms with Crippen molar-refractivity contribution in [1.29, 1.82) is 0 Å². The first kappa shape index (κ1) is 23.3. The molecule has 4 aromatic rings. The van der Waals surface area contributed by atoms with Crippen LogP contribution in [0.2, 0.25) is 0 Å². The van der Waals surface area contributed by atoms with Crippen molar-refractivity contribution in [3.63, 3.8) is 0 Å². The summed E-state index contributed by atoms with van der Waals surface area (Å²) < 4.78 is 28.7. The number of likely N-dealkylation sites (N-methyl/N-ethyl adjacent to an activating group) is 1. The molecule has 0 unspecified atom stereocenters. The molecule has 1 aliphatic rings. The van der Waals surface area contributed by atoms with Crippen LogP contribution in [0.4, 0.5) is 5.69 Å². The minimum atomic E-state index is -3.73. The zero-order valence-corrected chi connectivity index (χ0v) is 22.5. The Morgan fingerprint density at radius 3 is 2.29 bits per heavy atom. The van der Waals surface area contributed by atoms with Crippen LogP contribution in [-0.2, 0) is 10.0 Å². The average molecular weight is 586 g/mol. The van der Waals surface area contributed by atoms with Crippen molar-refractivity contribution in [2.24, 2.45) is 0 Å². The summed E-state index contributed by atoms with van der Waals surface area (Å²) in [5.74, 6) is 0. The Bertz CT molecular complexity index is 1470. The Hall–Kier alpha value is -2.43. The first-order valence-corrected chi connectivity index (χ1v) is 13.8. The molecule has 0 N–H and O–H groups in total. The number of fused-ring (bicyclic) bond motifs is 1. The fraction of sp³-hybridized carbons (Fsp3) is 0.269. The molecule has 0 bridgehead atoms. The molecule has 0 spiro atoms. The fourth-order valence-electron chi connectivity index (χ4n) is 4.44. The van der Waals surface area contributed by atoms with Gasteiger partial charge in [0.15, 0.2) is 5.65 Å². The van der Waals surface area contributed by atoms with E-state index < -0.39 is 10.0 Å². The monoisotopic (exact) mass is 586 g/mol. The number of aromatic nitrogens is 2. The van der Waals surface area contributed by atoms with Crippen LogP contribution >= 0.6 is 22.6 Å². The number of benzene rings is 2. The number of hydrogen-bond donors (Lipinski definition) is 0. The Labute approximate surface area is 214 Å². The predicted molar refractivity (Wildman–Crippen MR) is 146 cm³/mol. The van der Waals surface area contributed by atoms with Crippen molar-refractivity contribution in [3.05, 3.63) is 75.6 Å². The van der Waals surface area contributed by atoms with E-state index in [1.165, 1.54) is 15.2 Å². The fourth-order valence-corrected chi connectivity index (χ4v) is 6.63. The van der Waals surface area contributed by atoms with Crippen molar-refractivity contribution in [2.45, 2.75) is 18.7 Å². The number of rotatable bonds is 4. The summed E-state index contributed by atoms with van der Waals surface area (Å²) in [6.45, 7) is 8.30. The highest BCUT2D eigenvalue weighted by Gasteiger charge is 2.22. The number of nitrogens with zero attached hydrogens (tertiary/aromatic N) is 4. The van der Waals surface area contributed by atoms with Gasteiger partial charge in [0.2, 0.25) is 0 Å².